The topological polar surface area (TPSA) is 21.3 Å². The maximum absolute atomic E-state index is 5.56. The molecular formula is C18H21NO. The van der Waals surface area contributed by atoms with Crippen LogP contribution in [0, 0.1) is 0 Å². The highest BCUT2D eigenvalue weighted by Gasteiger charge is 2.12. The zero-order chi connectivity index (χ0) is 13.8. The molecule has 2 heteroatoms. The first kappa shape index (κ1) is 13.2. The summed E-state index contributed by atoms with van der Waals surface area (Å²) >= 11 is 0. The van der Waals surface area contributed by atoms with Gasteiger partial charge < -0.3 is 10.1 Å². The van der Waals surface area contributed by atoms with Gasteiger partial charge in [0.2, 0.25) is 0 Å². The molecule has 0 bridgehead atoms. The standard InChI is InChI=1S/C18H21NO/c1-2-10-19-13-14-3-5-15(6-4-14)16-7-8-18-17(12-16)9-11-20-18/h3-8,12,19H,2,9-11,13H2,1H3. The van der Waals surface area contributed by atoms with Crippen LogP contribution in [0.3, 0.4) is 0 Å². The van der Waals surface area contributed by atoms with Crippen LogP contribution in [0.4, 0.5) is 0 Å². The molecule has 2 nitrogen and oxygen atoms in total. The van der Waals surface area contributed by atoms with E-state index >= 15 is 0 Å². The van der Waals surface area contributed by atoms with Crippen LogP contribution in [0.2, 0.25) is 0 Å². The molecule has 20 heavy (non-hydrogen) atoms. The van der Waals surface area contributed by atoms with E-state index in [0.717, 1.165) is 31.9 Å². The summed E-state index contributed by atoms with van der Waals surface area (Å²) in [6, 6.07) is 15.3. The molecule has 0 radical (unpaired) electrons. The lowest BCUT2D eigenvalue weighted by atomic mass is 10.0. The van der Waals surface area contributed by atoms with Crippen molar-refractivity contribution in [2.75, 3.05) is 13.2 Å². The minimum absolute atomic E-state index is 0.820. The van der Waals surface area contributed by atoms with Crippen LogP contribution in [0.15, 0.2) is 42.5 Å². The molecule has 0 aromatic heterocycles. The lowest BCUT2D eigenvalue weighted by Gasteiger charge is -2.07. The van der Waals surface area contributed by atoms with Crippen molar-refractivity contribution < 1.29 is 4.74 Å². The van der Waals surface area contributed by atoms with Gasteiger partial charge in [-0.1, -0.05) is 37.3 Å². The first-order valence-corrected chi connectivity index (χ1v) is 7.42. The number of fused-ring (bicyclic) bond motifs is 1. The molecule has 0 saturated heterocycles. The molecule has 1 N–H and O–H groups in total. The van der Waals surface area contributed by atoms with Crippen molar-refractivity contribution in [2.24, 2.45) is 0 Å². The average molecular weight is 267 g/mol. The molecule has 3 rings (SSSR count). The maximum atomic E-state index is 5.56. The Balaban J connectivity index is 1.74. The van der Waals surface area contributed by atoms with Crippen molar-refractivity contribution in [3.8, 4) is 16.9 Å². The molecule has 1 aliphatic heterocycles. The quantitative estimate of drug-likeness (QED) is 0.832. The highest BCUT2D eigenvalue weighted by Crippen LogP contribution is 2.30. The summed E-state index contributed by atoms with van der Waals surface area (Å²) in [7, 11) is 0. The van der Waals surface area contributed by atoms with Gasteiger partial charge in [0.15, 0.2) is 0 Å². The van der Waals surface area contributed by atoms with Gasteiger partial charge in [0.05, 0.1) is 6.61 Å². The van der Waals surface area contributed by atoms with Crippen molar-refractivity contribution >= 4 is 0 Å². The average Bonchev–Trinajstić information content (AvgIpc) is 2.96. The van der Waals surface area contributed by atoms with Crippen molar-refractivity contribution in [1.82, 2.24) is 5.32 Å². The lowest BCUT2D eigenvalue weighted by molar-refractivity contribution is 0.357. The highest BCUT2D eigenvalue weighted by atomic mass is 16.5. The van der Waals surface area contributed by atoms with E-state index in [1.165, 1.54) is 28.7 Å². The second-order valence-electron chi connectivity index (χ2n) is 5.29. The first-order chi connectivity index (χ1) is 9.86. The van der Waals surface area contributed by atoms with Gasteiger partial charge >= 0.3 is 0 Å². The summed E-state index contributed by atoms with van der Waals surface area (Å²) in [5, 5.41) is 3.43. The van der Waals surface area contributed by atoms with Crippen molar-refractivity contribution in [3.05, 3.63) is 53.6 Å². The zero-order valence-electron chi connectivity index (χ0n) is 12.0. The van der Waals surface area contributed by atoms with Crippen molar-refractivity contribution in [2.45, 2.75) is 26.3 Å². The summed E-state index contributed by atoms with van der Waals surface area (Å²) < 4.78 is 5.56. The van der Waals surface area contributed by atoms with Crippen LogP contribution in [0.5, 0.6) is 5.75 Å². The molecular weight excluding hydrogens is 246 g/mol. The second-order valence-corrected chi connectivity index (χ2v) is 5.29. The van der Waals surface area contributed by atoms with Crippen LogP contribution in [0.1, 0.15) is 24.5 Å². The van der Waals surface area contributed by atoms with Gasteiger partial charge in [0, 0.05) is 13.0 Å². The normalized spacial score (nSPS) is 13.1. The Kier molecular flexibility index (Phi) is 4.03. The van der Waals surface area contributed by atoms with E-state index in [4.69, 9.17) is 4.74 Å². The van der Waals surface area contributed by atoms with Crippen molar-refractivity contribution in [3.63, 3.8) is 0 Å². The van der Waals surface area contributed by atoms with E-state index in [9.17, 15) is 0 Å². The SMILES string of the molecule is CCCNCc1ccc(-c2ccc3c(c2)CCO3)cc1. The van der Waals surface area contributed by atoms with Gasteiger partial charge in [0.25, 0.3) is 0 Å². The third-order valence-electron chi connectivity index (χ3n) is 3.73. The van der Waals surface area contributed by atoms with Crippen molar-refractivity contribution in [1.29, 1.82) is 0 Å². The van der Waals surface area contributed by atoms with Gasteiger partial charge in [-0.25, -0.2) is 0 Å². The van der Waals surface area contributed by atoms with E-state index < -0.39 is 0 Å². The molecule has 0 spiro atoms. The first-order valence-electron chi connectivity index (χ1n) is 7.42. The second kappa shape index (κ2) is 6.10. The van der Waals surface area contributed by atoms with E-state index in [-0.39, 0.29) is 0 Å². The molecule has 0 atom stereocenters. The summed E-state index contributed by atoms with van der Waals surface area (Å²) in [6.07, 6.45) is 2.21. The Morgan fingerprint density at radius 2 is 1.85 bits per heavy atom. The predicted molar refractivity (Wildman–Crippen MR) is 83.1 cm³/mol. The molecule has 104 valence electrons. The van der Waals surface area contributed by atoms with Crippen LogP contribution in [0.25, 0.3) is 11.1 Å². The third kappa shape index (κ3) is 2.86. The fraction of sp³-hybridized carbons (Fsp3) is 0.333. The van der Waals surface area contributed by atoms with E-state index in [2.05, 4.69) is 54.7 Å². The summed E-state index contributed by atoms with van der Waals surface area (Å²) in [5.74, 6) is 1.05. The molecule has 0 unspecified atom stereocenters. The fourth-order valence-corrected chi connectivity index (χ4v) is 2.59. The number of ether oxygens (including phenoxy) is 1. The molecule has 0 amide bonds. The number of rotatable bonds is 5. The number of nitrogens with one attached hydrogen (secondary N) is 1. The molecule has 1 aliphatic rings. The Labute approximate surface area is 120 Å². The minimum Gasteiger partial charge on any atom is -0.493 e. The van der Waals surface area contributed by atoms with Crippen LogP contribution >= 0.6 is 0 Å². The van der Waals surface area contributed by atoms with Gasteiger partial charge in [-0.2, -0.15) is 0 Å². The number of benzene rings is 2. The van der Waals surface area contributed by atoms with Crippen LogP contribution in [-0.2, 0) is 13.0 Å². The maximum Gasteiger partial charge on any atom is 0.122 e. The Morgan fingerprint density at radius 3 is 2.65 bits per heavy atom. The number of hydrogen-bond donors (Lipinski definition) is 1. The van der Waals surface area contributed by atoms with Crippen LogP contribution < -0.4 is 10.1 Å². The zero-order valence-corrected chi connectivity index (χ0v) is 12.0. The Hall–Kier alpha value is -1.80. The molecule has 2 aromatic rings. The third-order valence-corrected chi connectivity index (χ3v) is 3.73. The molecule has 0 fully saturated rings. The number of hydrogen-bond acceptors (Lipinski definition) is 2. The fourth-order valence-electron chi connectivity index (χ4n) is 2.59. The van der Waals surface area contributed by atoms with Gasteiger partial charge in [-0.3, -0.25) is 0 Å². The molecule has 0 saturated carbocycles. The Morgan fingerprint density at radius 1 is 1.05 bits per heavy atom. The van der Waals surface area contributed by atoms with Gasteiger partial charge in [-0.05, 0) is 47.4 Å². The summed E-state index contributed by atoms with van der Waals surface area (Å²) in [5.41, 5.74) is 5.23. The smallest absolute Gasteiger partial charge is 0.122 e. The minimum atomic E-state index is 0.820. The van der Waals surface area contributed by atoms with Crippen LogP contribution in [-0.4, -0.2) is 13.2 Å². The van der Waals surface area contributed by atoms with E-state index in [0.29, 0.717) is 0 Å². The van der Waals surface area contributed by atoms with Gasteiger partial charge in [0.1, 0.15) is 5.75 Å². The summed E-state index contributed by atoms with van der Waals surface area (Å²) in [4.78, 5) is 0. The Bertz CT molecular complexity index is 574. The monoisotopic (exact) mass is 267 g/mol. The predicted octanol–water partition coefficient (Wildman–Crippen LogP) is 3.79. The molecule has 2 aromatic carbocycles. The molecule has 1 heterocycles. The van der Waals surface area contributed by atoms with Gasteiger partial charge in [-0.15, -0.1) is 0 Å². The largest absolute Gasteiger partial charge is 0.493 e. The highest BCUT2D eigenvalue weighted by molar-refractivity contribution is 5.66. The molecule has 0 aliphatic carbocycles. The van der Waals surface area contributed by atoms with E-state index in [1.807, 2.05) is 0 Å². The lowest BCUT2D eigenvalue weighted by Crippen LogP contribution is -2.13. The van der Waals surface area contributed by atoms with E-state index in [1.54, 1.807) is 0 Å². The summed E-state index contributed by atoms with van der Waals surface area (Å²) in [6.45, 7) is 5.03.